The molecule has 102 valence electrons. The smallest absolute Gasteiger partial charge is 0.246 e. The summed E-state index contributed by atoms with van der Waals surface area (Å²) in [7, 11) is 1.40. The van der Waals surface area contributed by atoms with Gasteiger partial charge in [-0.25, -0.2) is 4.39 Å². The molecule has 1 heterocycles. The second kappa shape index (κ2) is 5.84. The fraction of sp³-hybridized carbons (Fsp3) is 0.357. The Labute approximate surface area is 111 Å². The maximum Gasteiger partial charge on any atom is 0.246 e. The average molecular weight is 265 g/mol. The van der Waals surface area contributed by atoms with Crippen LogP contribution in [0.3, 0.4) is 0 Å². The molecule has 2 rings (SSSR count). The monoisotopic (exact) mass is 265 g/mol. The summed E-state index contributed by atoms with van der Waals surface area (Å²) in [5, 5.41) is 9.35. The molecule has 0 saturated carbocycles. The molecule has 0 radical (unpaired) electrons. The van der Waals surface area contributed by atoms with Crippen molar-refractivity contribution < 1.29 is 19.0 Å². The van der Waals surface area contributed by atoms with Crippen LogP contribution in [0.2, 0.25) is 0 Å². The quantitative estimate of drug-likeness (QED) is 0.841. The molecule has 0 spiro atoms. The number of hydrogen-bond donors (Lipinski definition) is 1. The van der Waals surface area contributed by atoms with Crippen LogP contribution in [0, 0.1) is 5.82 Å². The van der Waals surface area contributed by atoms with Gasteiger partial charge in [-0.05, 0) is 30.2 Å². The summed E-state index contributed by atoms with van der Waals surface area (Å²) in [6.07, 6.45) is 3.11. The van der Waals surface area contributed by atoms with Crippen LogP contribution in [0.4, 0.5) is 4.39 Å². The molecule has 5 heteroatoms. The fourth-order valence-electron chi connectivity index (χ4n) is 2.00. The summed E-state index contributed by atoms with van der Waals surface area (Å²) < 4.78 is 18.3. The average Bonchev–Trinajstić information content (AvgIpc) is 2.83. The van der Waals surface area contributed by atoms with Crippen molar-refractivity contribution >= 4 is 12.0 Å². The summed E-state index contributed by atoms with van der Waals surface area (Å²) in [5.74, 6) is -0.465. The summed E-state index contributed by atoms with van der Waals surface area (Å²) in [6.45, 7) is 0.918. The fourth-order valence-corrected chi connectivity index (χ4v) is 2.00. The third kappa shape index (κ3) is 3.32. The summed E-state index contributed by atoms with van der Waals surface area (Å²) in [5.41, 5.74) is 0.589. The van der Waals surface area contributed by atoms with Gasteiger partial charge in [-0.15, -0.1) is 0 Å². The van der Waals surface area contributed by atoms with E-state index in [0.29, 0.717) is 25.1 Å². The van der Waals surface area contributed by atoms with Crippen molar-refractivity contribution in [3.63, 3.8) is 0 Å². The van der Waals surface area contributed by atoms with Crippen LogP contribution in [0.1, 0.15) is 12.0 Å². The first-order valence-corrected chi connectivity index (χ1v) is 6.08. The van der Waals surface area contributed by atoms with Crippen LogP contribution in [-0.4, -0.2) is 42.2 Å². The van der Waals surface area contributed by atoms with Crippen LogP contribution in [0.15, 0.2) is 24.3 Å². The number of amides is 1. The van der Waals surface area contributed by atoms with Crippen LogP contribution < -0.4 is 4.74 Å². The minimum Gasteiger partial charge on any atom is -0.494 e. The van der Waals surface area contributed by atoms with Crippen molar-refractivity contribution in [2.24, 2.45) is 0 Å². The van der Waals surface area contributed by atoms with Gasteiger partial charge in [0.1, 0.15) is 0 Å². The van der Waals surface area contributed by atoms with Gasteiger partial charge < -0.3 is 14.7 Å². The molecule has 1 saturated heterocycles. The van der Waals surface area contributed by atoms with Gasteiger partial charge >= 0.3 is 0 Å². The summed E-state index contributed by atoms with van der Waals surface area (Å²) >= 11 is 0. The molecular formula is C14H16FNO3. The van der Waals surface area contributed by atoms with Crippen molar-refractivity contribution in [1.29, 1.82) is 0 Å². The molecule has 1 aliphatic heterocycles. The van der Waals surface area contributed by atoms with Crippen molar-refractivity contribution in [3.8, 4) is 5.75 Å². The molecular weight excluding hydrogens is 249 g/mol. The molecule has 1 amide bonds. The number of β-amino-alcohol motifs (C(OH)–C–C–N with tert-alkyl or cyclic N) is 1. The third-order valence-electron chi connectivity index (χ3n) is 3.07. The van der Waals surface area contributed by atoms with Crippen molar-refractivity contribution in [3.05, 3.63) is 35.7 Å². The number of aliphatic hydroxyl groups is 1. The number of halogens is 1. The van der Waals surface area contributed by atoms with Crippen molar-refractivity contribution in [2.45, 2.75) is 12.5 Å². The molecule has 1 aromatic rings. The molecule has 0 aromatic heterocycles. The van der Waals surface area contributed by atoms with E-state index < -0.39 is 11.9 Å². The van der Waals surface area contributed by atoms with Gasteiger partial charge in [0.25, 0.3) is 0 Å². The van der Waals surface area contributed by atoms with E-state index in [1.807, 2.05) is 0 Å². The standard InChI is InChI=1S/C14H16FNO3/c1-19-13-4-2-10(8-12(13)15)3-5-14(18)16-7-6-11(17)9-16/h2-5,8,11,17H,6-7,9H2,1H3/t11-/m1/s1. The van der Waals surface area contributed by atoms with Gasteiger partial charge in [0, 0.05) is 19.2 Å². The number of ether oxygens (including phenoxy) is 1. The maximum atomic E-state index is 13.4. The SMILES string of the molecule is COc1ccc(C=CC(=O)N2CC[C@@H](O)C2)cc1F. The van der Waals surface area contributed by atoms with Crippen LogP contribution in [0.5, 0.6) is 5.75 Å². The van der Waals surface area contributed by atoms with Crippen LogP contribution in [0.25, 0.3) is 6.08 Å². The number of methoxy groups -OCH3 is 1. The van der Waals surface area contributed by atoms with E-state index in [-0.39, 0.29) is 11.7 Å². The Kier molecular flexibility index (Phi) is 4.16. The Morgan fingerprint density at radius 2 is 2.37 bits per heavy atom. The topological polar surface area (TPSA) is 49.8 Å². The van der Waals surface area contributed by atoms with Gasteiger partial charge in [-0.3, -0.25) is 4.79 Å². The molecule has 1 aromatic carbocycles. The highest BCUT2D eigenvalue weighted by Gasteiger charge is 2.22. The zero-order chi connectivity index (χ0) is 13.8. The molecule has 0 aliphatic carbocycles. The van der Waals surface area contributed by atoms with E-state index in [1.54, 1.807) is 17.0 Å². The van der Waals surface area contributed by atoms with E-state index in [0.717, 1.165) is 0 Å². The Morgan fingerprint density at radius 1 is 1.58 bits per heavy atom. The normalized spacial score (nSPS) is 19.1. The van der Waals surface area contributed by atoms with Gasteiger partial charge in [0.2, 0.25) is 5.91 Å². The van der Waals surface area contributed by atoms with Gasteiger partial charge in [0.15, 0.2) is 11.6 Å². The Morgan fingerprint density at radius 3 is 2.95 bits per heavy atom. The lowest BCUT2D eigenvalue weighted by molar-refractivity contribution is -0.125. The highest BCUT2D eigenvalue weighted by atomic mass is 19.1. The zero-order valence-electron chi connectivity index (χ0n) is 10.7. The lowest BCUT2D eigenvalue weighted by Crippen LogP contribution is -2.27. The molecule has 1 fully saturated rings. The van der Waals surface area contributed by atoms with Crippen LogP contribution in [-0.2, 0) is 4.79 Å². The second-order valence-corrected chi connectivity index (χ2v) is 4.45. The predicted molar refractivity (Wildman–Crippen MR) is 69.2 cm³/mol. The molecule has 1 aliphatic rings. The van der Waals surface area contributed by atoms with E-state index in [1.165, 1.54) is 25.3 Å². The molecule has 1 atom stereocenters. The first-order valence-electron chi connectivity index (χ1n) is 6.08. The van der Waals surface area contributed by atoms with Crippen molar-refractivity contribution in [1.82, 2.24) is 4.90 Å². The van der Waals surface area contributed by atoms with Gasteiger partial charge in [-0.2, -0.15) is 0 Å². The zero-order valence-corrected chi connectivity index (χ0v) is 10.7. The molecule has 0 unspecified atom stereocenters. The number of carbonyl (C=O) groups is 1. The number of hydrogen-bond acceptors (Lipinski definition) is 3. The number of carbonyl (C=O) groups excluding carboxylic acids is 1. The lowest BCUT2D eigenvalue weighted by atomic mass is 10.2. The van der Waals surface area contributed by atoms with E-state index in [4.69, 9.17) is 4.74 Å². The number of aliphatic hydroxyl groups excluding tert-OH is 1. The van der Waals surface area contributed by atoms with E-state index in [2.05, 4.69) is 0 Å². The van der Waals surface area contributed by atoms with Gasteiger partial charge in [0.05, 0.1) is 13.2 Å². The van der Waals surface area contributed by atoms with E-state index >= 15 is 0 Å². The number of benzene rings is 1. The minimum absolute atomic E-state index is 0.172. The first-order chi connectivity index (χ1) is 9.10. The molecule has 0 bridgehead atoms. The number of rotatable bonds is 3. The van der Waals surface area contributed by atoms with Crippen molar-refractivity contribution in [2.75, 3.05) is 20.2 Å². The minimum atomic E-state index is -0.464. The molecule has 4 nitrogen and oxygen atoms in total. The highest BCUT2D eigenvalue weighted by molar-refractivity contribution is 5.92. The molecule has 19 heavy (non-hydrogen) atoms. The van der Waals surface area contributed by atoms with E-state index in [9.17, 15) is 14.3 Å². The second-order valence-electron chi connectivity index (χ2n) is 4.45. The molecule has 1 N–H and O–H groups in total. The highest BCUT2D eigenvalue weighted by Crippen LogP contribution is 2.18. The Hall–Kier alpha value is -1.88. The number of nitrogens with zero attached hydrogens (tertiary/aromatic N) is 1. The van der Waals surface area contributed by atoms with Crippen LogP contribution >= 0.6 is 0 Å². The summed E-state index contributed by atoms with van der Waals surface area (Å²) in [6, 6.07) is 4.49. The number of likely N-dealkylation sites (tertiary alicyclic amines) is 1. The summed E-state index contributed by atoms with van der Waals surface area (Å²) in [4.78, 5) is 13.4. The predicted octanol–water partition coefficient (Wildman–Crippen LogP) is 1.44. The van der Waals surface area contributed by atoms with Gasteiger partial charge in [-0.1, -0.05) is 6.07 Å². The maximum absolute atomic E-state index is 13.4. The third-order valence-corrected chi connectivity index (χ3v) is 3.07. The Balaban J connectivity index is 2.02. The first kappa shape index (κ1) is 13.5. The largest absolute Gasteiger partial charge is 0.494 e. The lowest BCUT2D eigenvalue weighted by Gasteiger charge is -2.12. The Bertz CT molecular complexity index is 501.